The van der Waals surface area contributed by atoms with Gasteiger partial charge in [0.05, 0.1) is 28.4 Å². The van der Waals surface area contributed by atoms with Crippen LogP contribution in [0.3, 0.4) is 0 Å². The highest BCUT2D eigenvalue weighted by atomic mass is 35.5. The Balaban J connectivity index is 2.18. The van der Waals surface area contributed by atoms with Crippen LogP contribution < -0.4 is 10.5 Å². The molecule has 0 saturated heterocycles. The SMILES string of the molecule is O=C([O-])c1cc(N/N=C\c2ccccc2[N+](=O)[O-])ccc1Cl. The zero-order chi connectivity index (χ0) is 16.1. The predicted octanol–water partition coefficient (Wildman–Crippen LogP) is 2.06. The van der Waals surface area contributed by atoms with Crippen molar-refractivity contribution in [2.45, 2.75) is 0 Å². The number of nitro benzene ring substituents is 1. The first-order valence-electron chi connectivity index (χ1n) is 6.02. The summed E-state index contributed by atoms with van der Waals surface area (Å²) in [6.45, 7) is 0. The Morgan fingerprint density at radius 1 is 1.27 bits per heavy atom. The maximum absolute atomic E-state index is 10.9. The predicted molar refractivity (Wildman–Crippen MR) is 80.1 cm³/mol. The highest BCUT2D eigenvalue weighted by Crippen LogP contribution is 2.20. The van der Waals surface area contributed by atoms with Crippen LogP contribution in [-0.4, -0.2) is 17.1 Å². The maximum Gasteiger partial charge on any atom is 0.278 e. The Hall–Kier alpha value is -2.93. The van der Waals surface area contributed by atoms with Crippen molar-refractivity contribution in [3.63, 3.8) is 0 Å². The van der Waals surface area contributed by atoms with Gasteiger partial charge in [-0.05, 0) is 24.3 Å². The number of hydrogen-bond acceptors (Lipinski definition) is 6. The van der Waals surface area contributed by atoms with Crippen molar-refractivity contribution in [2.24, 2.45) is 5.10 Å². The van der Waals surface area contributed by atoms with Crippen LogP contribution in [0.15, 0.2) is 47.6 Å². The second-order valence-corrected chi connectivity index (χ2v) is 4.58. The lowest BCUT2D eigenvalue weighted by Gasteiger charge is -2.07. The number of carboxylic acids is 1. The smallest absolute Gasteiger partial charge is 0.278 e. The van der Waals surface area contributed by atoms with E-state index in [1.54, 1.807) is 12.1 Å². The van der Waals surface area contributed by atoms with Crippen molar-refractivity contribution in [1.29, 1.82) is 0 Å². The molecule has 0 aliphatic heterocycles. The molecule has 2 aromatic rings. The van der Waals surface area contributed by atoms with Crippen molar-refractivity contribution in [3.05, 3.63) is 68.7 Å². The second-order valence-electron chi connectivity index (χ2n) is 4.17. The minimum absolute atomic E-state index is 0.0493. The van der Waals surface area contributed by atoms with Crippen LogP contribution >= 0.6 is 11.6 Å². The minimum atomic E-state index is -1.41. The van der Waals surface area contributed by atoms with Crippen LogP contribution in [0, 0.1) is 10.1 Å². The Labute approximate surface area is 130 Å². The summed E-state index contributed by atoms with van der Waals surface area (Å²) in [5.41, 5.74) is 3.00. The van der Waals surface area contributed by atoms with Gasteiger partial charge in [0.1, 0.15) is 0 Å². The molecule has 0 amide bonds. The van der Waals surface area contributed by atoms with Crippen molar-refractivity contribution < 1.29 is 14.8 Å². The highest BCUT2D eigenvalue weighted by Gasteiger charge is 2.09. The van der Waals surface area contributed by atoms with Crippen LogP contribution in [0.25, 0.3) is 0 Å². The first-order chi connectivity index (χ1) is 10.5. The molecule has 0 spiro atoms. The van der Waals surface area contributed by atoms with Gasteiger partial charge in [0.15, 0.2) is 0 Å². The van der Waals surface area contributed by atoms with E-state index in [1.165, 1.54) is 36.5 Å². The lowest BCUT2D eigenvalue weighted by molar-refractivity contribution is -0.385. The number of nitrogens with one attached hydrogen (secondary N) is 1. The summed E-state index contributed by atoms with van der Waals surface area (Å²) in [7, 11) is 0. The molecule has 112 valence electrons. The highest BCUT2D eigenvalue weighted by molar-refractivity contribution is 6.33. The molecule has 2 rings (SSSR count). The minimum Gasteiger partial charge on any atom is -0.545 e. The van der Waals surface area contributed by atoms with Gasteiger partial charge in [-0.3, -0.25) is 15.5 Å². The van der Waals surface area contributed by atoms with E-state index >= 15 is 0 Å². The molecular weight excluding hydrogens is 310 g/mol. The fraction of sp³-hybridized carbons (Fsp3) is 0. The number of carbonyl (C=O) groups is 1. The van der Waals surface area contributed by atoms with Gasteiger partial charge >= 0.3 is 0 Å². The summed E-state index contributed by atoms with van der Waals surface area (Å²) in [4.78, 5) is 21.2. The molecule has 0 heterocycles. The molecule has 22 heavy (non-hydrogen) atoms. The number of halogens is 1. The Morgan fingerprint density at radius 3 is 2.68 bits per heavy atom. The van der Waals surface area contributed by atoms with Crippen molar-refractivity contribution in [2.75, 3.05) is 5.43 Å². The van der Waals surface area contributed by atoms with E-state index < -0.39 is 10.9 Å². The third kappa shape index (κ3) is 3.58. The Kier molecular flexibility index (Phi) is 4.70. The third-order valence-corrected chi connectivity index (χ3v) is 3.05. The van der Waals surface area contributed by atoms with E-state index in [0.29, 0.717) is 11.3 Å². The number of nitro groups is 1. The lowest BCUT2D eigenvalue weighted by atomic mass is 10.2. The number of anilines is 1. The molecule has 0 aliphatic rings. The van der Waals surface area contributed by atoms with Crippen LogP contribution in [0.5, 0.6) is 0 Å². The van der Waals surface area contributed by atoms with Gasteiger partial charge in [0.2, 0.25) is 0 Å². The molecular formula is C14H9ClN3O4-. The topological polar surface area (TPSA) is 108 Å². The molecule has 0 unspecified atom stereocenters. The molecule has 0 fully saturated rings. The monoisotopic (exact) mass is 318 g/mol. The van der Waals surface area contributed by atoms with E-state index in [-0.39, 0.29) is 16.3 Å². The van der Waals surface area contributed by atoms with Gasteiger partial charge in [0.25, 0.3) is 5.69 Å². The summed E-state index contributed by atoms with van der Waals surface area (Å²) < 4.78 is 0. The average Bonchev–Trinajstić information content (AvgIpc) is 2.49. The second kappa shape index (κ2) is 6.68. The quantitative estimate of drug-likeness (QED) is 0.515. The molecule has 0 aromatic heterocycles. The van der Waals surface area contributed by atoms with E-state index in [9.17, 15) is 20.0 Å². The molecule has 8 heteroatoms. The Bertz CT molecular complexity index is 762. The largest absolute Gasteiger partial charge is 0.545 e. The standard InChI is InChI=1S/C14H10ClN3O4/c15-12-6-5-10(7-11(12)14(19)20)17-16-8-9-3-1-2-4-13(9)18(21)22/h1-8,17H,(H,19,20)/p-1/b16-8-. The molecule has 0 bridgehead atoms. The summed E-state index contributed by atoms with van der Waals surface area (Å²) in [6, 6.07) is 10.3. The van der Waals surface area contributed by atoms with E-state index in [1.807, 2.05) is 0 Å². The maximum atomic E-state index is 10.9. The summed E-state index contributed by atoms with van der Waals surface area (Å²) in [5, 5.41) is 25.6. The number of nitrogens with zero attached hydrogens (tertiary/aromatic N) is 2. The van der Waals surface area contributed by atoms with Crippen LogP contribution in [0.2, 0.25) is 5.02 Å². The fourth-order valence-electron chi connectivity index (χ4n) is 1.69. The summed E-state index contributed by atoms with van der Waals surface area (Å²) in [6.07, 6.45) is 1.27. The van der Waals surface area contributed by atoms with Crippen molar-refractivity contribution in [3.8, 4) is 0 Å². The number of hydrogen-bond donors (Lipinski definition) is 1. The molecule has 2 aromatic carbocycles. The third-order valence-electron chi connectivity index (χ3n) is 2.72. The number of carbonyl (C=O) groups excluding carboxylic acids is 1. The zero-order valence-electron chi connectivity index (χ0n) is 11.0. The first-order valence-corrected chi connectivity index (χ1v) is 6.40. The van der Waals surface area contributed by atoms with Crippen LogP contribution in [0.4, 0.5) is 11.4 Å². The number of benzene rings is 2. The van der Waals surface area contributed by atoms with Gasteiger partial charge in [-0.15, -0.1) is 0 Å². The number of rotatable bonds is 5. The molecule has 7 nitrogen and oxygen atoms in total. The molecule has 0 atom stereocenters. The zero-order valence-corrected chi connectivity index (χ0v) is 11.8. The van der Waals surface area contributed by atoms with Crippen LogP contribution in [-0.2, 0) is 0 Å². The fourth-order valence-corrected chi connectivity index (χ4v) is 1.89. The van der Waals surface area contributed by atoms with Crippen molar-refractivity contribution >= 4 is 35.2 Å². The average molecular weight is 319 g/mol. The van der Waals surface area contributed by atoms with E-state index in [4.69, 9.17) is 11.6 Å². The first kappa shape index (κ1) is 15.5. The summed E-state index contributed by atoms with van der Waals surface area (Å²) >= 11 is 5.71. The van der Waals surface area contributed by atoms with E-state index in [2.05, 4.69) is 10.5 Å². The van der Waals surface area contributed by atoms with Gasteiger partial charge in [-0.1, -0.05) is 23.7 Å². The lowest BCUT2D eigenvalue weighted by Crippen LogP contribution is -2.22. The number of carboxylic acid groups (broad SMARTS) is 1. The molecule has 1 N–H and O–H groups in total. The van der Waals surface area contributed by atoms with E-state index in [0.717, 1.165) is 0 Å². The number of aromatic carboxylic acids is 1. The van der Waals surface area contributed by atoms with Gasteiger partial charge < -0.3 is 9.90 Å². The number of para-hydroxylation sites is 1. The molecule has 0 aliphatic carbocycles. The molecule has 0 saturated carbocycles. The normalized spacial score (nSPS) is 10.6. The van der Waals surface area contributed by atoms with Gasteiger partial charge in [0, 0.05) is 16.7 Å². The Morgan fingerprint density at radius 2 is 2.00 bits per heavy atom. The van der Waals surface area contributed by atoms with Crippen molar-refractivity contribution in [1.82, 2.24) is 0 Å². The summed E-state index contributed by atoms with van der Waals surface area (Å²) in [5.74, 6) is -1.41. The van der Waals surface area contributed by atoms with Gasteiger partial charge in [-0.2, -0.15) is 5.10 Å². The molecule has 0 radical (unpaired) electrons. The van der Waals surface area contributed by atoms with Crippen LogP contribution in [0.1, 0.15) is 15.9 Å². The van der Waals surface area contributed by atoms with Gasteiger partial charge in [-0.25, -0.2) is 0 Å². The number of hydrazone groups is 1.